The van der Waals surface area contributed by atoms with E-state index in [0.29, 0.717) is 0 Å². The van der Waals surface area contributed by atoms with Gasteiger partial charge in [0.15, 0.2) is 9.84 Å². The van der Waals surface area contributed by atoms with Gasteiger partial charge in [-0.25, -0.2) is 13.2 Å². The topological polar surface area (TPSA) is 79.6 Å². The molecule has 0 radical (unpaired) electrons. The summed E-state index contributed by atoms with van der Waals surface area (Å²) in [7, 11) is -3.15. The molecule has 0 bridgehead atoms. The summed E-state index contributed by atoms with van der Waals surface area (Å²) in [5, 5.41) is 2.87. The molecule has 7 heteroatoms. The van der Waals surface area contributed by atoms with Crippen molar-refractivity contribution in [2.75, 3.05) is 13.1 Å². The highest BCUT2D eigenvalue weighted by atomic mass is 32.2. The Morgan fingerprint density at radius 1 is 1.24 bits per heavy atom. The van der Waals surface area contributed by atoms with Crippen LogP contribution in [0.3, 0.4) is 0 Å². The van der Waals surface area contributed by atoms with Crippen molar-refractivity contribution < 1.29 is 17.6 Å². The highest BCUT2D eigenvalue weighted by Gasteiger charge is 2.38. The largest absolute Gasteiger partial charge is 0.459 e. The summed E-state index contributed by atoms with van der Waals surface area (Å²) >= 11 is 0. The van der Waals surface area contributed by atoms with Crippen molar-refractivity contribution in [3.05, 3.63) is 35.6 Å². The van der Waals surface area contributed by atoms with Crippen LogP contribution in [0.5, 0.6) is 0 Å². The van der Waals surface area contributed by atoms with Crippen LogP contribution in [0.15, 0.2) is 28.7 Å². The zero-order valence-electron chi connectivity index (χ0n) is 14.9. The van der Waals surface area contributed by atoms with Crippen molar-refractivity contribution in [1.29, 1.82) is 0 Å². The summed E-state index contributed by atoms with van der Waals surface area (Å²) in [5.41, 5.74) is 1.80. The van der Waals surface area contributed by atoms with Crippen LogP contribution in [-0.4, -0.2) is 42.9 Å². The quantitative estimate of drug-likeness (QED) is 0.888. The minimum absolute atomic E-state index is 0.213. The van der Waals surface area contributed by atoms with Gasteiger partial charge in [-0.05, 0) is 33.8 Å². The Morgan fingerprint density at radius 2 is 1.84 bits per heavy atom. The Hall–Kier alpha value is -2.02. The smallest absolute Gasteiger partial charge is 0.318 e. The van der Waals surface area contributed by atoms with Crippen molar-refractivity contribution in [1.82, 2.24) is 10.2 Å². The number of hydrogen-bond acceptors (Lipinski definition) is 4. The summed E-state index contributed by atoms with van der Waals surface area (Å²) in [4.78, 5) is 14.2. The molecule has 1 aliphatic rings. The number of aryl methyl sites for hydroxylation is 1. The molecule has 2 unspecified atom stereocenters. The van der Waals surface area contributed by atoms with Crippen molar-refractivity contribution >= 4 is 26.8 Å². The molecule has 1 aromatic carbocycles. The second-order valence-electron chi connectivity index (χ2n) is 6.87. The minimum atomic E-state index is -3.15. The summed E-state index contributed by atoms with van der Waals surface area (Å²) in [6.07, 6.45) is 0. The van der Waals surface area contributed by atoms with Gasteiger partial charge in [-0.15, -0.1) is 0 Å². The Morgan fingerprint density at radius 3 is 2.44 bits per heavy atom. The number of fused-ring (bicyclic) bond motifs is 1. The first-order chi connectivity index (χ1) is 11.7. The van der Waals surface area contributed by atoms with E-state index >= 15 is 0 Å². The lowest BCUT2D eigenvalue weighted by Crippen LogP contribution is -2.55. The number of benzene rings is 1. The summed E-state index contributed by atoms with van der Waals surface area (Å²) in [5.74, 6) is 0.722. The van der Waals surface area contributed by atoms with E-state index in [0.717, 1.165) is 22.3 Å². The number of nitrogens with zero attached hydrogens (tertiary/aromatic N) is 1. The zero-order valence-corrected chi connectivity index (χ0v) is 15.8. The van der Waals surface area contributed by atoms with Crippen molar-refractivity contribution in [3.63, 3.8) is 0 Å². The summed E-state index contributed by atoms with van der Waals surface area (Å²) in [6, 6.07) is 7.19. The molecule has 3 atom stereocenters. The maximum Gasteiger partial charge on any atom is 0.318 e. The predicted octanol–water partition coefficient (Wildman–Crippen LogP) is 3.02. The fourth-order valence-corrected chi connectivity index (χ4v) is 4.98. The van der Waals surface area contributed by atoms with Gasteiger partial charge in [0, 0.05) is 24.0 Å². The standard InChI is InChI=1S/C18H24N2O4S/c1-11-9-20(10-12(2)25(11,22)23)18(21)19-14(4)17-13(3)15-7-5-6-8-16(15)24-17/h5-8,11-12,14H,9-10H2,1-4H3,(H,19,21)/t11?,12?,14-/m0/s1. The van der Waals surface area contributed by atoms with Gasteiger partial charge in [-0.3, -0.25) is 0 Å². The Balaban J connectivity index is 1.75. The van der Waals surface area contributed by atoms with Crippen molar-refractivity contribution in [2.45, 2.75) is 44.2 Å². The molecule has 0 aliphatic carbocycles. The lowest BCUT2D eigenvalue weighted by molar-refractivity contribution is 0.190. The molecular weight excluding hydrogens is 340 g/mol. The van der Waals surface area contributed by atoms with Crippen LogP contribution in [0.1, 0.15) is 38.1 Å². The van der Waals surface area contributed by atoms with Crippen LogP contribution >= 0.6 is 0 Å². The number of carbonyl (C=O) groups is 1. The minimum Gasteiger partial charge on any atom is -0.459 e. The third-order valence-corrected chi connectivity index (χ3v) is 7.52. The normalized spacial score (nSPS) is 24.2. The summed E-state index contributed by atoms with van der Waals surface area (Å²) < 4.78 is 30.1. The lowest BCUT2D eigenvalue weighted by Gasteiger charge is -2.35. The number of hydrogen-bond donors (Lipinski definition) is 1. The Labute approximate surface area is 148 Å². The van der Waals surface area contributed by atoms with E-state index in [1.807, 2.05) is 38.1 Å². The number of nitrogens with one attached hydrogen (secondary N) is 1. The van der Waals surface area contributed by atoms with E-state index < -0.39 is 20.3 Å². The monoisotopic (exact) mass is 364 g/mol. The first kappa shape index (κ1) is 17.8. The maximum atomic E-state index is 12.6. The van der Waals surface area contributed by atoms with Crippen molar-refractivity contribution in [3.8, 4) is 0 Å². The zero-order chi connectivity index (χ0) is 18.4. The van der Waals surface area contributed by atoms with E-state index in [1.54, 1.807) is 18.7 Å². The molecule has 1 aliphatic heterocycles. The van der Waals surface area contributed by atoms with Gasteiger partial charge in [0.2, 0.25) is 0 Å². The molecule has 136 valence electrons. The Bertz CT molecular complexity index is 885. The van der Waals surface area contributed by atoms with E-state index in [-0.39, 0.29) is 25.2 Å². The number of amides is 2. The van der Waals surface area contributed by atoms with Crippen molar-refractivity contribution in [2.24, 2.45) is 0 Å². The first-order valence-corrected chi connectivity index (χ1v) is 10.1. The number of rotatable bonds is 2. The van der Waals surface area contributed by atoms with Crippen LogP contribution in [-0.2, 0) is 9.84 Å². The predicted molar refractivity (Wildman–Crippen MR) is 97.3 cm³/mol. The molecule has 1 saturated heterocycles. The molecule has 25 heavy (non-hydrogen) atoms. The molecule has 1 aromatic heterocycles. The van der Waals surface area contributed by atoms with Gasteiger partial charge < -0.3 is 14.6 Å². The van der Waals surface area contributed by atoms with Gasteiger partial charge >= 0.3 is 6.03 Å². The number of carbonyl (C=O) groups excluding carboxylic acids is 1. The average molecular weight is 364 g/mol. The van der Waals surface area contributed by atoms with Gasteiger partial charge in [-0.2, -0.15) is 0 Å². The van der Waals surface area contributed by atoms with E-state index in [2.05, 4.69) is 5.32 Å². The molecule has 2 heterocycles. The highest BCUT2D eigenvalue weighted by molar-refractivity contribution is 7.92. The Kier molecular flexibility index (Phi) is 4.53. The van der Waals surface area contributed by atoms with Crippen LogP contribution in [0.25, 0.3) is 11.0 Å². The second kappa shape index (κ2) is 6.37. The molecular formula is C18H24N2O4S. The lowest BCUT2D eigenvalue weighted by atomic mass is 10.1. The fraction of sp³-hybridized carbons (Fsp3) is 0.500. The van der Waals surface area contributed by atoms with E-state index in [4.69, 9.17) is 4.42 Å². The number of sulfone groups is 1. The van der Waals surface area contributed by atoms with Gasteiger partial charge in [-0.1, -0.05) is 18.2 Å². The second-order valence-corrected chi connectivity index (χ2v) is 9.66. The number of urea groups is 1. The van der Waals surface area contributed by atoms with Gasteiger partial charge in [0.25, 0.3) is 0 Å². The molecule has 6 nitrogen and oxygen atoms in total. The first-order valence-electron chi connectivity index (χ1n) is 8.48. The van der Waals surface area contributed by atoms with Crippen LogP contribution in [0.4, 0.5) is 4.79 Å². The molecule has 1 N–H and O–H groups in total. The molecule has 1 fully saturated rings. The molecule has 0 saturated carbocycles. The highest BCUT2D eigenvalue weighted by Crippen LogP contribution is 2.29. The third kappa shape index (κ3) is 3.13. The van der Waals surface area contributed by atoms with Gasteiger partial charge in [0.1, 0.15) is 11.3 Å². The molecule has 0 spiro atoms. The van der Waals surface area contributed by atoms with Gasteiger partial charge in [0.05, 0.1) is 16.5 Å². The molecule has 2 amide bonds. The van der Waals surface area contributed by atoms with Crippen LogP contribution in [0.2, 0.25) is 0 Å². The SMILES string of the molecule is Cc1c([C@H](C)NC(=O)N2CC(C)S(=O)(=O)C(C)C2)oc2ccccc12. The van der Waals surface area contributed by atoms with E-state index in [9.17, 15) is 13.2 Å². The van der Waals surface area contributed by atoms with Crippen LogP contribution < -0.4 is 5.32 Å². The van der Waals surface area contributed by atoms with E-state index in [1.165, 1.54) is 0 Å². The molecule has 3 rings (SSSR count). The van der Waals surface area contributed by atoms with Crippen LogP contribution in [0, 0.1) is 6.92 Å². The fourth-order valence-electron chi connectivity index (χ4n) is 3.41. The summed E-state index contributed by atoms with van der Waals surface area (Å²) in [6.45, 7) is 7.57. The average Bonchev–Trinajstić information content (AvgIpc) is 2.90. The number of para-hydroxylation sites is 1. The molecule has 2 aromatic rings. The number of furan rings is 1. The third-order valence-electron chi connectivity index (χ3n) is 4.98. The maximum absolute atomic E-state index is 12.6.